The zero-order chi connectivity index (χ0) is 19.2. The average Bonchev–Trinajstić information content (AvgIpc) is 2.88. The van der Waals surface area contributed by atoms with Crippen LogP contribution in [0.25, 0.3) is 0 Å². The number of nitrogens with one attached hydrogen (secondary N) is 1. The van der Waals surface area contributed by atoms with E-state index >= 15 is 0 Å². The number of carbonyl (C=O) groups is 2. The third-order valence-electron chi connectivity index (χ3n) is 5.66. The van der Waals surface area contributed by atoms with E-state index in [4.69, 9.17) is 0 Å². The Bertz CT molecular complexity index is 904. The molecule has 2 aromatic rings. The molecule has 0 aromatic heterocycles. The molecule has 2 aromatic carbocycles. The molecular weight excluding hydrogens is 355 g/mol. The summed E-state index contributed by atoms with van der Waals surface area (Å²) in [4.78, 5) is 26.0. The highest BCUT2D eigenvalue weighted by molar-refractivity contribution is 6.19. The van der Waals surface area contributed by atoms with Crippen LogP contribution in [0.3, 0.4) is 0 Å². The molecule has 2 aliphatic rings. The number of anilines is 1. The zero-order valence-corrected chi connectivity index (χ0v) is 14.5. The normalized spacial score (nSPS) is 24.9. The largest absolute Gasteiger partial charge is 0.416 e. The minimum Gasteiger partial charge on any atom is -0.377 e. The van der Waals surface area contributed by atoms with Crippen LogP contribution in [0.1, 0.15) is 53.2 Å². The predicted molar refractivity (Wildman–Crippen MR) is 94.5 cm³/mol. The van der Waals surface area contributed by atoms with Crippen LogP contribution in [-0.2, 0) is 11.0 Å². The molecule has 1 fully saturated rings. The summed E-state index contributed by atoms with van der Waals surface area (Å²) in [6.45, 7) is 0. The Kier molecular flexibility index (Phi) is 4.09. The summed E-state index contributed by atoms with van der Waals surface area (Å²) in [5, 5.41) is 3.19. The number of hydrogen-bond acceptors (Lipinski definition) is 3. The summed E-state index contributed by atoms with van der Waals surface area (Å²) in [5.41, 5.74) is -0.186. The van der Waals surface area contributed by atoms with Gasteiger partial charge in [0.05, 0.1) is 11.6 Å². The van der Waals surface area contributed by atoms with Crippen LogP contribution in [0.5, 0.6) is 0 Å². The van der Waals surface area contributed by atoms with Crippen molar-refractivity contribution >= 4 is 17.3 Å². The van der Waals surface area contributed by atoms with Gasteiger partial charge in [-0.1, -0.05) is 30.7 Å². The highest BCUT2D eigenvalue weighted by Gasteiger charge is 2.58. The van der Waals surface area contributed by atoms with Crippen molar-refractivity contribution in [2.75, 3.05) is 5.32 Å². The molecule has 1 spiro atoms. The molecule has 0 saturated heterocycles. The summed E-state index contributed by atoms with van der Waals surface area (Å²) < 4.78 is 38.4. The van der Waals surface area contributed by atoms with Crippen molar-refractivity contribution in [3.63, 3.8) is 0 Å². The number of halogens is 3. The van der Waals surface area contributed by atoms with Crippen LogP contribution in [0.15, 0.2) is 48.5 Å². The highest BCUT2D eigenvalue weighted by Crippen LogP contribution is 2.53. The van der Waals surface area contributed by atoms with Crippen molar-refractivity contribution in [3.05, 3.63) is 65.2 Å². The van der Waals surface area contributed by atoms with Gasteiger partial charge in [0.1, 0.15) is 11.2 Å². The highest BCUT2D eigenvalue weighted by atomic mass is 19.4. The monoisotopic (exact) mass is 373 g/mol. The smallest absolute Gasteiger partial charge is 0.377 e. The second-order valence-electron chi connectivity index (χ2n) is 7.17. The van der Waals surface area contributed by atoms with E-state index in [0.717, 1.165) is 30.5 Å². The van der Waals surface area contributed by atoms with E-state index < -0.39 is 23.2 Å². The summed E-state index contributed by atoms with van der Waals surface area (Å²) in [6, 6.07) is 11.2. The first-order valence-corrected chi connectivity index (χ1v) is 8.95. The first-order valence-electron chi connectivity index (χ1n) is 8.95. The standard InChI is InChI=1S/C21H18F3NO2/c22-21(23,24)13-8-10-14(11-9-13)25-18-15-5-1-2-6-16(15)19(27)20(18)12-4-3-7-17(20)26/h1-2,5-6,8-11,18,25H,3-4,7,12H2/t18-,20-/m1/s1. The minimum absolute atomic E-state index is 0.0839. The summed E-state index contributed by atoms with van der Waals surface area (Å²) in [5.74, 6) is -0.258. The second-order valence-corrected chi connectivity index (χ2v) is 7.17. The molecule has 2 atom stereocenters. The Morgan fingerprint density at radius 2 is 1.67 bits per heavy atom. The number of alkyl halides is 3. The van der Waals surface area contributed by atoms with Gasteiger partial charge in [0.25, 0.3) is 0 Å². The van der Waals surface area contributed by atoms with Crippen LogP contribution in [-0.4, -0.2) is 11.6 Å². The fourth-order valence-corrected chi connectivity index (χ4v) is 4.31. The van der Waals surface area contributed by atoms with Gasteiger partial charge in [0.2, 0.25) is 0 Å². The van der Waals surface area contributed by atoms with Crippen LogP contribution in [0, 0.1) is 5.41 Å². The number of benzene rings is 2. The van der Waals surface area contributed by atoms with Crippen LogP contribution in [0.2, 0.25) is 0 Å². The van der Waals surface area contributed by atoms with Crippen LogP contribution >= 0.6 is 0 Å². The fraction of sp³-hybridized carbons (Fsp3) is 0.333. The van der Waals surface area contributed by atoms with Crippen molar-refractivity contribution in [2.24, 2.45) is 5.41 Å². The Hall–Kier alpha value is -2.63. The zero-order valence-electron chi connectivity index (χ0n) is 14.5. The lowest BCUT2D eigenvalue weighted by Gasteiger charge is -2.37. The maximum atomic E-state index is 13.2. The lowest BCUT2D eigenvalue weighted by molar-refractivity contribution is -0.137. The predicted octanol–water partition coefficient (Wildman–Crippen LogP) is 5.18. The molecule has 0 amide bonds. The number of ketones is 2. The quantitative estimate of drug-likeness (QED) is 0.738. The van der Waals surface area contributed by atoms with Gasteiger partial charge in [0, 0.05) is 17.7 Å². The van der Waals surface area contributed by atoms with Gasteiger partial charge in [-0.3, -0.25) is 9.59 Å². The molecule has 6 heteroatoms. The SMILES string of the molecule is O=C1CCCC[C@@]12C(=O)c1ccccc1[C@H]2Nc1ccc(C(F)(F)F)cc1. The summed E-state index contributed by atoms with van der Waals surface area (Å²) >= 11 is 0. The topological polar surface area (TPSA) is 46.2 Å². The second kappa shape index (κ2) is 6.22. The number of carbonyl (C=O) groups excluding carboxylic acids is 2. The molecule has 1 N–H and O–H groups in total. The Morgan fingerprint density at radius 3 is 2.33 bits per heavy atom. The van der Waals surface area contributed by atoms with E-state index in [1.807, 2.05) is 6.07 Å². The van der Waals surface area contributed by atoms with Gasteiger partial charge in [-0.05, 0) is 42.7 Å². The summed E-state index contributed by atoms with van der Waals surface area (Å²) in [6.07, 6.45) is -2.06. The van der Waals surface area contributed by atoms with Gasteiger partial charge in [-0.25, -0.2) is 0 Å². The fourth-order valence-electron chi connectivity index (χ4n) is 4.31. The maximum absolute atomic E-state index is 13.2. The number of Topliss-reactive ketones (excluding diaryl/α,β-unsaturated/α-hetero) is 2. The van der Waals surface area contributed by atoms with Crippen molar-refractivity contribution in [1.82, 2.24) is 0 Å². The summed E-state index contributed by atoms with van der Waals surface area (Å²) in [7, 11) is 0. The minimum atomic E-state index is -4.41. The van der Waals surface area contributed by atoms with E-state index in [2.05, 4.69) is 5.32 Å². The first-order chi connectivity index (χ1) is 12.8. The van der Waals surface area contributed by atoms with Gasteiger partial charge in [-0.2, -0.15) is 13.2 Å². The Morgan fingerprint density at radius 1 is 0.963 bits per heavy atom. The first kappa shape index (κ1) is 17.8. The van der Waals surface area contributed by atoms with E-state index in [9.17, 15) is 22.8 Å². The molecule has 2 aliphatic carbocycles. The molecule has 1 saturated carbocycles. The lowest BCUT2D eigenvalue weighted by Crippen LogP contribution is -2.44. The van der Waals surface area contributed by atoms with E-state index in [1.54, 1.807) is 18.2 Å². The van der Waals surface area contributed by atoms with Crippen molar-refractivity contribution in [1.29, 1.82) is 0 Å². The van der Waals surface area contributed by atoms with E-state index in [-0.39, 0.29) is 11.6 Å². The maximum Gasteiger partial charge on any atom is 0.416 e. The van der Waals surface area contributed by atoms with Gasteiger partial charge >= 0.3 is 6.18 Å². The lowest BCUT2D eigenvalue weighted by atomic mass is 9.67. The Balaban J connectivity index is 1.74. The third-order valence-corrected chi connectivity index (χ3v) is 5.66. The van der Waals surface area contributed by atoms with E-state index in [0.29, 0.717) is 24.1 Å². The molecular formula is C21H18F3NO2. The average molecular weight is 373 g/mol. The van der Waals surface area contributed by atoms with Crippen molar-refractivity contribution < 1.29 is 22.8 Å². The molecule has 0 unspecified atom stereocenters. The van der Waals surface area contributed by atoms with Gasteiger partial charge in [0.15, 0.2) is 5.78 Å². The van der Waals surface area contributed by atoms with Crippen molar-refractivity contribution in [2.45, 2.75) is 37.9 Å². The third kappa shape index (κ3) is 2.74. The van der Waals surface area contributed by atoms with Gasteiger partial charge < -0.3 is 5.32 Å². The number of fused-ring (bicyclic) bond motifs is 1. The molecule has 0 radical (unpaired) electrons. The molecule has 27 heavy (non-hydrogen) atoms. The van der Waals surface area contributed by atoms with Crippen LogP contribution < -0.4 is 5.32 Å². The van der Waals surface area contributed by atoms with Crippen LogP contribution in [0.4, 0.5) is 18.9 Å². The number of rotatable bonds is 2. The molecule has 0 aliphatic heterocycles. The Labute approximate surface area is 154 Å². The molecule has 0 heterocycles. The molecule has 0 bridgehead atoms. The molecule has 4 rings (SSSR count). The number of hydrogen-bond donors (Lipinski definition) is 1. The molecule has 140 valence electrons. The van der Waals surface area contributed by atoms with Gasteiger partial charge in [-0.15, -0.1) is 0 Å². The molecule has 3 nitrogen and oxygen atoms in total. The van der Waals surface area contributed by atoms with Crippen molar-refractivity contribution in [3.8, 4) is 0 Å². The van der Waals surface area contributed by atoms with E-state index in [1.165, 1.54) is 12.1 Å².